The normalized spacial score (nSPS) is 16.7. The third-order valence-corrected chi connectivity index (χ3v) is 4.10. The molecule has 0 bridgehead atoms. The van der Waals surface area contributed by atoms with Gasteiger partial charge in [0.25, 0.3) is 0 Å². The highest BCUT2D eigenvalue weighted by atomic mass is 32.1. The van der Waals surface area contributed by atoms with Crippen molar-refractivity contribution >= 4 is 18.3 Å². The van der Waals surface area contributed by atoms with E-state index in [2.05, 4.69) is 23.4 Å². The van der Waals surface area contributed by atoms with E-state index in [4.69, 9.17) is 17.0 Å². The lowest BCUT2D eigenvalue weighted by molar-refractivity contribution is 0.0923. The molecule has 20 heavy (non-hydrogen) atoms. The topological polar surface area (TPSA) is 50.3 Å². The number of likely N-dealkylation sites (tertiary alicyclic amines) is 1. The molecule has 1 saturated heterocycles. The van der Waals surface area contributed by atoms with E-state index in [0.717, 1.165) is 30.7 Å². The molecule has 1 aromatic heterocycles. The number of hydrogen-bond donors (Lipinski definition) is 1. The molecule has 2 rings (SSSR count). The van der Waals surface area contributed by atoms with Crippen molar-refractivity contribution in [2.24, 2.45) is 0 Å². The fraction of sp³-hybridized carbons (Fsp3) is 0.714. The van der Waals surface area contributed by atoms with E-state index in [9.17, 15) is 4.79 Å². The van der Waals surface area contributed by atoms with Gasteiger partial charge in [-0.15, -0.1) is 0 Å². The van der Waals surface area contributed by atoms with Crippen molar-refractivity contribution in [3.05, 3.63) is 16.7 Å². The van der Waals surface area contributed by atoms with E-state index in [1.54, 1.807) is 4.90 Å². The van der Waals surface area contributed by atoms with Gasteiger partial charge in [-0.25, -0.2) is 4.79 Å². The summed E-state index contributed by atoms with van der Waals surface area (Å²) in [6.07, 6.45) is 3.65. The van der Waals surface area contributed by atoms with E-state index in [1.165, 1.54) is 5.69 Å². The summed E-state index contributed by atoms with van der Waals surface area (Å²) >= 11 is 5.40. The molecule has 0 unspecified atom stereocenters. The molecular weight excluding hydrogens is 274 g/mol. The van der Waals surface area contributed by atoms with Crippen LogP contribution in [0.15, 0.2) is 6.20 Å². The molecule has 0 spiro atoms. The van der Waals surface area contributed by atoms with Crippen molar-refractivity contribution in [2.75, 3.05) is 19.7 Å². The number of hydrogen-bond acceptors (Lipinski definition) is 3. The second-order valence-corrected chi connectivity index (χ2v) is 5.85. The summed E-state index contributed by atoms with van der Waals surface area (Å²) in [7, 11) is 0. The van der Waals surface area contributed by atoms with Gasteiger partial charge in [0.05, 0.1) is 6.61 Å². The quantitative estimate of drug-likeness (QED) is 0.869. The molecule has 2 heterocycles. The zero-order valence-electron chi connectivity index (χ0n) is 12.4. The molecule has 1 aromatic rings. The molecule has 0 saturated carbocycles. The second-order valence-electron chi connectivity index (χ2n) is 5.46. The number of nitrogens with one attached hydrogen (secondary N) is 1. The Bertz CT molecular complexity index is 513. The fourth-order valence-corrected chi connectivity index (χ4v) is 3.05. The van der Waals surface area contributed by atoms with Crippen LogP contribution < -0.4 is 0 Å². The Morgan fingerprint density at radius 3 is 2.70 bits per heavy atom. The van der Waals surface area contributed by atoms with E-state index in [1.807, 2.05) is 13.1 Å². The average molecular weight is 297 g/mol. The summed E-state index contributed by atoms with van der Waals surface area (Å²) in [5.41, 5.74) is 1.24. The second kappa shape index (κ2) is 6.43. The van der Waals surface area contributed by atoms with Gasteiger partial charge in [0.2, 0.25) is 0 Å². The van der Waals surface area contributed by atoms with E-state index >= 15 is 0 Å². The van der Waals surface area contributed by atoms with Crippen molar-refractivity contribution in [2.45, 2.75) is 45.6 Å². The van der Waals surface area contributed by atoms with Gasteiger partial charge in [0.1, 0.15) is 0 Å². The minimum absolute atomic E-state index is 0.201. The van der Waals surface area contributed by atoms with E-state index < -0.39 is 0 Å². The Labute approximate surface area is 124 Å². The number of piperidine rings is 1. The molecule has 5 nitrogen and oxygen atoms in total. The van der Waals surface area contributed by atoms with Crippen LogP contribution in [0.5, 0.6) is 0 Å². The van der Waals surface area contributed by atoms with Crippen LogP contribution in [0.4, 0.5) is 4.79 Å². The number of aromatic amines is 1. The van der Waals surface area contributed by atoms with Crippen LogP contribution in [-0.2, 0) is 4.74 Å². The molecule has 1 aliphatic heterocycles. The molecule has 1 amide bonds. The minimum Gasteiger partial charge on any atom is -0.450 e. The Morgan fingerprint density at radius 1 is 1.50 bits per heavy atom. The summed E-state index contributed by atoms with van der Waals surface area (Å²) in [6, 6.07) is 0.372. The SMILES string of the molecule is CCOC(=O)N1CCC(n2c(C(C)C)c[nH]c2=S)CC1. The van der Waals surface area contributed by atoms with Crippen LogP contribution in [0.3, 0.4) is 0 Å². The first-order valence-corrected chi connectivity index (χ1v) is 7.67. The molecule has 0 radical (unpaired) electrons. The molecule has 0 aromatic carbocycles. The monoisotopic (exact) mass is 297 g/mol. The van der Waals surface area contributed by atoms with Crippen LogP contribution in [0.2, 0.25) is 0 Å². The number of aromatic nitrogens is 2. The average Bonchev–Trinajstić information content (AvgIpc) is 2.81. The van der Waals surface area contributed by atoms with Gasteiger partial charge in [0, 0.05) is 31.0 Å². The lowest BCUT2D eigenvalue weighted by atomic mass is 10.0. The zero-order chi connectivity index (χ0) is 14.7. The van der Waals surface area contributed by atoms with Gasteiger partial charge < -0.3 is 19.2 Å². The Balaban J connectivity index is 2.06. The summed E-state index contributed by atoms with van der Waals surface area (Å²) in [5.74, 6) is 0.436. The lowest BCUT2D eigenvalue weighted by Crippen LogP contribution is -2.39. The van der Waals surface area contributed by atoms with Crippen LogP contribution in [0.25, 0.3) is 0 Å². The Kier molecular flexibility index (Phi) is 4.86. The summed E-state index contributed by atoms with van der Waals surface area (Å²) in [5, 5.41) is 0. The van der Waals surface area contributed by atoms with Crippen molar-refractivity contribution in [1.82, 2.24) is 14.5 Å². The summed E-state index contributed by atoms with van der Waals surface area (Å²) in [4.78, 5) is 16.6. The maximum atomic E-state index is 11.7. The molecular formula is C14H23N3O2S. The number of rotatable bonds is 3. The number of carbonyl (C=O) groups excluding carboxylic acids is 1. The standard InChI is InChI=1S/C14H23N3O2S/c1-4-19-14(18)16-7-5-11(6-8-16)17-12(10(2)3)9-15-13(17)20/h9-11H,4-8H2,1-3H3,(H,15,20). The number of imidazole rings is 1. The van der Waals surface area contributed by atoms with Gasteiger partial charge in [-0.2, -0.15) is 0 Å². The first-order chi connectivity index (χ1) is 9.54. The highest BCUT2D eigenvalue weighted by Crippen LogP contribution is 2.27. The van der Waals surface area contributed by atoms with Crippen LogP contribution in [0, 0.1) is 4.77 Å². The van der Waals surface area contributed by atoms with Crippen LogP contribution >= 0.6 is 12.2 Å². The van der Waals surface area contributed by atoms with Crippen LogP contribution in [0.1, 0.15) is 51.3 Å². The van der Waals surface area contributed by atoms with E-state index in [0.29, 0.717) is 18.6 Å². The number of ether oxygens (including phenoxy) is 1. The summed E-state index contributed by atoms with van der Waals surface area (Å²) in [6.45, 7) is 8.06. The number of carbonyl (C=O) groups is 1. The molecule has 6 heteroatoms. The third-order valence-electron chi connectivity index (χ3n) is 3.79. The first-order valence-electron chi connectivity index (χ1n) is 7.26. The van der Waals surface area contributed by atoms with Gasteiger partial charge >= 0.3 is 6.09 Å². The first kappa shape index (κ1) is 15.1. The van der Waals surface area contributed by atoms with Crippen molar-refractivity contribution in [3.8, 4) is 0 Å². The maximum Gasteiger partial charge on any atom is 0.409 e. The Hall–Kier alpha value is -1.30. The maximum absolute atomic E-state index is 11.7. The molecule has 112 valence electrons. The molecule has 1 fully saturated rings. The molecule has 0 atom stereocenters. The number of amides is 1. The summed E-state index contributed by atoms with van der Waals surface area (Å²) < 4.78 is 8.05. The molecule has 1 N–H and O–H groups in total. The minimum atomic E-state index is -0.201. The largest absolute Gasteiger partial charge is 0.450 e. The zero-order valence-corrected chi connectivity index (χ0v) is 13.2. The third kappa shape index (κ3) is 3.06. The van der Waals surface area contributed by atoms with Crippen LogP contribution in [-0.4, -0.2) is 40.2 Å². The van der Waals surface area contributed by atoms with Crippen molar-refractivity contribution < 1.29 is 9.53 Å². The highest BCUT2D eigenvalue weighted by Gasteiger charge is 2.26. The van der Waals surface area contributed by atoms with Gasteiger partial charge in [-0.3, -0.25) is 0 Å². The van der Waals surface area contributed by atoms with Crippen molar-refractivity contribution in [3.63, 3.8) is 0 Å². The molecule has 0 aliphatic carbocycles. The smallest absolute Gasteiger partial charge is 0.409 e. The lowest BCUT2D eigenvalue weighted by Gasteiger charge is -2.33. The van der Waals surface area contributed by atoms with Gasteiger partial charge in [-0.1, -0.05) is 13.8 Å². The Morgan fingerprint density at radius 2 is 2.15 bits per heavy atom. The predicted octanol–water partition coefficient (Wildman–Crippen LogP) is 3.46. The molecule has 1 aliphatic rings. The van der Waals surface area contributed by atoms with E-state index in [-0.39, 0.29) is 6.09 Å². The fourth-order valence-electron chi connectivity index (χ4n) is 2.73. The predicted molar refractivity (Wildman–Crippen MR) is 80.6 cm³/mol. The highest BCUT2D eigenvalue weighted by molar-refractivity contribution is 7.71. The van der Waals surface area contributed by atoms with Gasteiger partial charge in [0.15, 0.2) is 4.77 Å². The number of nitrogens with zero attached hydrogens (tertiary/aromatic N) is 2. The van der Waals surface area contributed by atoms with Crippen molar-refractivity contribution in [1.29, 1.82) is 0 Å². The number of H-pyrrole nitrogens is 1. The van der Waals surface area contributed by atoms with Gasteiger partial charge in [-0.05, 0) is 37.9 Å².